The number of rotatable bonds is 7. The molecule has 8 heteroatoms. The molecule has 40 heavy (non-hydrogen) atoms. The smallest absolute Gasteiger partial charge is 0.345 e. The van der Waals surface area contributed by atoms with Gasteiger partial charge in [-0.15, -0.1) is 0 Å². The van der Waals surface area contributed by atoms with Crippen LogP contribution in [0.3, 0.4) is 0 Å². The summed E-state index contributed by atoms with van der Waals surface area (Å²) in [6.07, 6.45) is 4.44. The van der Waals surface area contributed by atoms with Gasteiger partial charge >= 0.3 is 11.6 Å². The Hall–Kier alpha value is -5.50. The number of ether oxygens (including phenoxy) is 1. The average Bonchev–Trinajstić information content (AvgIpc) is 3.55. The van der Waals surface area contributed by atoms with Crippen LogP contribution in [-0.2, 0) is 9.53 Å². The Morgan fingerprint density at radius 3 is 2.60 bits per heavy atom. The maximum absolute atomic E-state index is 12.9. The van der Waals surface area contributed by atoms with E-state index in [1.54, 1.807) is 29.1 Å². The number of H-pyrrole nitrogens is 1. The highest BCUT2D eigenvalue weighted by atomic mass is 16.5. The SMILES string of the molecule is Cc1[nH]c2ccccc2c1C(=O)COC(=O)C=Cc1cn(-c2ccccc2)nc1-c1cc2ccccc2oc1=O. The molecule has 0 bridgehead atoms. The van der Waals surface area contributed by atoms with Gasteiger partial charge < -0.3 is 14.1 Å². The number of carbonyl (C=O) groups is 2. The van der Waals surface area contributed by atoms with Gasteiger partial charge in [-0.3, -0.25) is 4.79 Å². The van der Waals surface area contributed by atoms with Gasteiger partial charge in [0.1, 0.15) is 11.3 Å². The van der Waals surface area contributed by atoms with Crippen molar-refractivity contribution in [3.8, 4) is 16.9 Å². The third-order valence-electron chi connectivity index (χ3n) is 6.58. The Bertz CT molecular complexity index is 1980. The third-order valence-corrected chi connectivity index (χ3v) is 6.58. The Balaban J connectivity index is 1.28. The molecule has 3 heterocycles. The highest BCUT2D eigenvalue weighted by Crippen LogP contribution is 2.26. The van der Waals surface area contributed by atoms with Crippen LogP contribution >= 0.6 is 0 Å². The first kappa shape index (κ1) is 24.8. The molecule has 0 radical (unpaired) electrons. The summed E-state index contributed by atoms with van der Waals surface area (Å²) >= 11 is 0. The van der Waals surface area contributed by atoms with Gasteiger partial charge in [0.25, 0.3) is 0 Å². The molecule has 3 aromatic heterocycles. The minimum atomic E-state index is -0.699. The number of esters is 1. The lowest BCUT2D eigenvalue weighted by Gasteiger charge is -2.03. The highest BCUT2D eigenvalue weighted by molar-refractivity contribution is 6.10. The van der Waals surface area contributed by atoms with E-state index in [1.165, 1.54) is 12.2 Å². The number of carbonyl (C=O) groups excluding carboxylic acids is 2. The summed E-state index contributed by atoms with van der Waals surface area (Å²) in [7, 11) is 0. The van der Waals surface area contributed by atoms with Crippen LogP contribution in [0.15, 0.2) is 106 Å². The Labute approximate surface area is 228 Å². The Kier molecular flexibility index (Phi) is 6.41. The lowest BCUT2D eigenvalue weighted by atomic mass is 10.1. The molecule has 0 aliphatic heterocycles. The van der Waals surface area contributed by atoms with E-state index in [-0.39, 0.29) is 11.3 Å². The molecule has 0 aliphatic rings. The largest absolute Gasteiger partial charge is 0.454 e. The molecule has 0 unspecified atom stereocenters. The molecular weight excluding hydrogens is 506 g/mol. The zero-order valence-corrected chi connectivity index (χ0v) is 21.5. The first-order valence-corrected chi connectivity index (χ1v) is 12.6. The van der Waals surface area contributed by atoms with Gasteiger partial charge in [-0.25, -0.2) is 14.3 Å². The summed E-state index contributed by atoms with van der Waals surface area (Å²) < 4.78 is 12.4. The molecule has 0 saturated carbocycles. The fourth-order valence-corrected chi connectivity index (χ4v) is 4.71. The summed E-state index contributed by atoms with van der Waals surface area (Å²) in [6.45, 7) is 1.40. The monoisotopic (exact) mass is 529 g/mol. The van der Waals surface area contributed by atoms with Crippen molar-refractivity contribution in [1.29, 1.82) is 0 Å². The van der Waals surface area contributed by atoms with E-state index in [1.807, 2.05) is 73.7 Å². The Morgan fingerprint density at radius 1 is 1.00 bits per heavy atom. The third kappa shape index (κ3) is 4.74. The maximum Gasteiger partial charge on any atom is 0.345 e. The van der Waals surface area contributed by atoms with Crippen molar-refractivity contribution in [2.24, 2.45) is 0 Å². The number of aryl methyl sites for hydroxylation is 1. The van der Waals surface area contributed by atoms with Crippen molar-refractivity contribution in [2.75, 3.05) is 6.61 Å². The normalized spacial score (nSPS) is 11.4. The number of hydrogen-bond acceptors (Lipinski definition) is 6. The van der Waals surface area contributed by atoms with E-state index in [4.69, 9.17) is 9.15 Å². The summed E-state index contributed by atoms with van der Waals surface area (Å²) in [5, 5.41) is 6.16. The number of hydrogen-bond donors (Lipinski definition) is 1. The molecule has 0 saturated heterocycles. The molecular formula is C32H23N3O5. The molecule has 6 aromatic rings. The van der Waals surface area contributed by atoms with E-state index in [0.29, 0.717) is 28.1 Å². The van der Waals surface area contributed by atoms with Gasteiger partial charge in [0, 0.05) is 45.4 Å². The number of nitrogens with zero attached hydrogens (tertiary/aromatic N) is 2. The molecule has 0 aliphatic carbocycles. The minimum absolute atomic E-state index is 0.256. The minimum Gasteiger partial charge on any atom is -0.454 e. The number of aromatic amines is 1. The quantitative estimate of drug-likeness (QED) is 0.120. The van der Waals surface area contributed by atoms with Crippen molar-refractivity contribution in [3.05, 3.63) is 124 Å². The van der Waals surface area contributed by atoms with Gasteiger partial charge in [-0.05, 0) is 43.3 Å². The van der Waals surface area contributed by atoms with Crippen molar-refractivity contribution in [2.45, 2.75) is 6.92 Å². The van der Waals surface area contributed by atoms with Crippen LogP contribution in [0, 0.1) is 6.92 Å². The van der Waals surface area contributed by atoms with Crippen molar-refractivity contribution < 1.29 is 18.7 Å². The van der Waals surface area contributed by atoms with Crippen LogP contribution in [-0.4, -0.2) is 33.1 Å². The van der Waals surface area contributed by atoms with Crippen molar-refractivity contribution >= 4 is 39.7 Å². The van der Waals surface area contributed by atoms with Crippen LogP contribution in [0.1, 0.15) is 21.6 Å². The van der Waals surface area contributed by atoms with Crippen LogP contribution < -0.4 is 5.63 Å². The van der Waals surface area contributed by atoms with Gasteiger partial charge in [0.15, 0.2) is 6.61 Å². The van der Waals surface area contributed by atoms with Gasteiger partial charge in [-0.1, -0.05) is 54.6 Å². The number of ketones is 1. The first-order chi connectivity index (χ1) is 19.5. The summed E-state index contributed by atoms with van der Waals surface area (Å²) in [5.41, 5.74) is 3.85. The number of nitrogens with one attached hydrogen (secondary N) is 1. The van der Waals surface area contributed by atoms with Crippen molar-refractivity contribution in [1.82, 2.24) is 14.8 Å². The summed E-state index contributed by atoms with van der Waals surface area (Å²) in [5.74, 6) is -1.00. The molecule has 6 rings (SSSR count). The average molecular weight is 530 g/mol. The highest BCUT2D eigenvalue weighted by Gasteiger charge is 2.18. The molecule has 1 N–H and O–H groups in total. The first-order valence-electron chi connectivity index (χ1n) is 12.6. The standard InChI is InChI=1S/C32H23N3O5/c1-20-30(24-12-6-7-13-26(24)33-20)27(36)19-39-29(37)16-15-22-18-35(23-10-3-2-4-11-23)34-31(22)25-17-21-9-5-8-14-28(21)40-32(25)38/h2-18,33H,19H2,1H3. The van der Waals surface area contributed by atoms with E-state index in [2.05, 4.69) is 10.1 Å². The zero-order valence-electron chi connectivity index (χ0n) is 21.5. The topological polar surface area (TPSA) is 107 Å². The van der Waals surface area contributed by atoms with Gasteiger partial charge in [0.05, 0.1) is 11.3 Å². The van der Waals surface area contributed by atoms with E-state index >= 15 is 0 Å². The van der Waals surface area contributed by atoms with E-state index in [9.17, 15) is 14.4 Å². The second-order valence-electron chi connectivity index (χ2n) is 9.23. The summed E-state index contributed by atoms with van der Waals surface area (Å²) in [6, 6.07) is 25.8. The van der Waals surface area contributed by atoms with Crippen LogP contribution in [0.4, 0.5) is 0 Å². The number of Topliss-reactive ketones (excluding diaryl/α,β-unsaturated/α-hetero) is 1. The number of para-hydroxylation sites is 3. The van der Waals surface area contributed by atoms with Crippen LogP contribution in [0.2, 0.25) is 0 Å². The van der Waals surface area contributed by atoms with Crippen molar-refractivity contribution in [3.63, 3.8) is 0 Å². The summed E-state index contributed by atoms with van der Waals surface area (Å²) in [4.78, 5) is 41.6. The molecule has 196 valence electrons. The Morgan fingerprint density at radius 2 is 1.75 bits per heavy atom. The molecule has 0 fully saturated rings. The molecule has 0 amide bonds. The van der Waals surface area contributed by atoms with Crippen LogP contribution in [0.25, 0.3) is 44.9 Å². The van der Waals surface area contributed by atoms with Gasteiger partial charge in [-0.2, -0.15) is 5.10 Å². The van der Waals surface area contributed by atoms with E-state index < -0.39 is 18.2 Å². The fourth-order valence-electron chi connectivity index (χ4n) is 4.71. The zero-order chi connectivity index (χ0) is 27.6. The van der Waals surface area contributed by atoms with Crippen LogP contribution in [0.5, 0.6) is 0 Å². The lowest BCUT2D eigenvalue weighted by Crippen LogP contribution is -2.13. The number of aromatic nitrogens is 3. The van der Waals surface area contributed by atoms with Gasteiger partial charge in [0.2, 0.25) is 5.78 Å². The maximum atomic E-state index is 12.9. The number of benzene rings is 3. The number of fused-ring (bicyclic) bond motifs is 2. The fraction of sp³-hybridized carbons (Fsp3) is 0.0625. The second-order valence-corrected chi connectivity index (χ2v) is 9.23. The van der Waals surface area contributed by atoms with E-state index in [0.717, 1.165) is 22.0 Å². The lowest BCUT2D eigenvalue weighted by molar-refractivity contribution is -0.136. The molecule has 8 nitrogen and oxygen atoms in total. The second kappa shape index (κ2) is 10.3. The predicted octanol–water partition coefficient (Wildman–Crippen LogP) is 5.87. The predicted molar refractivity (Wildman–Crippen MR) is 152 cm³/mol. The molecule has 0 atom stereocenters. The molecule has 0 spiro atoms. The molecule has 3 aromatic carbocycles.